The highest BCUT2D eigenvalue weighted by atomic mass is 16.2. The Morgan fingerprint density at radius 2 is 2.00 bits per heavy atom. The van der Waals surface area contributed by atoms with E-state index in [-0.39, 0.29) is 5.91 Å². The zero-order valence-electron chi connectivity index (χ0n) is 12.2. The van der Waals surface area contributed by atoms with E-state index in [1.807, 2.05) is 19.1 Å². The molecule has 0 radical (unpaired) electrons. The summed E-state index contributed by atoms with van der Waals surface area (Å²) in [5, 5.41) is 2.91. The van der Waals surface area contributed by atoms with Gasteiger partial charge in [-0.15, -0.1) is 0 Å². The summed E-state index contributed by atoms with van der Waals surface area (Å²) in [4.78, 5) is 16.7. The van der Waals surface area contributed by atoms with Gasteiger partial charge < -0.3 is 11.1 Å². The lowest BCUT2D eigenvalue weighted by Crippen LogP contribution is -2.42. The Morgan fingerprint density at radius 1 is 1.37 bits per heavy atom. The van der Waals surface area contributed by atoms with Crippen LogP contribution in [0.25, 0.3) is 0 Å². The molecule has 4 heteroatoms. The fraction of sp³-hybridized carbons (Fsp3) is 0.600. The van der Waals surface area contributed by atoms with Crippen LogP contribution in [0.1, 0.15) is 45.1 Å². The third kappa shape index (κ3) is 4.03. The van der Waals surface area contributed by atoms with Gasteiger partial charge in [0.15, 0.2) is 0 Å². The van der Waals surface area contributed by atoms with Gasteiger partial charge in [0.2, 0.25) is 5.91 Å². The molecule has 1 rings (SSSR count). The fourth-order valence-electron chi connectivity index (χ4n) is 2.46. The van der Waals surface area contributed by atoms with Crippen molar-refractivity contribution in [1.29, 1.82) is 0 Å². The summed E-state index contributed by atoms with van der Waals surface area (Å²) < 4.78 is 0. The summed E-state index contributed by atoms with van der Waals surface area (Å²) in [6.07, 6.45) is 5.23. The van der Waals surface area contributed by atoms with Gasteiger partial charge in [0.25, 0.3) is 0 Å². The first-order chi connectivity index (χ1) is 9.07. The quantitative estimate of drug-likeness (QED) is 0.794. The van der Waals surface area contributed by atoms with Gasteiger partial charge >= 0.3 is 0 Å². The molecule has 1 amide bonds. The van der Waals surface area contributed by atoms with Gasteiger partial charge in [-0.05, 0) is 37.5 Å². The van der Waals surface area contributed by atoms with E-state index in [1.165, 1.54) is 0 Å². The number of carbonyl (C=O) groups excluding carboxylic acids is 1. The van der Waals surface area contributed by atoms with Gasteiger partial charge in [-0.1, -0.05) is 26.7 Å². The molecule has 0 aliphatic heterocycles. The van der Waals surface area contributed by atoms with Gasteiger partial charge in [0, 0.05) is 12.7 Å². The summed E-state index contributed by atoms with van der Waals surface area (Å²) in [5.74, 6) is 0.604. The highest BCUT2D eigenvalue weighted by Gasteiger charge is 2.35. The minimum absolute atomic E-state index is 0.00296. The summed E-state index contributed by atoms with van der Waals surface area (Å²) in [7, 11) is 0. The number of anilines is 1. The predicted molar refractivity (Wildman–Crippen MR) is 78.9 cm³/mol. The maximum absolute atomic E-state index is 12.5. The molecule has 0 aliphatic carbocycles. The third-order valence-electron chi connectivity index (χ3n) is 3.49. The lowest BCUT2D eigenvalue weighted by Gasteiger charge is -2.30. The monoisotopic (exact) mass is 263 g/mol. The molecule has 0 bridgehead atoms. The molecule has 1 heterocycles. The van der Waals surface area contributed by atoms with E-state index in [9.17, 15) is 4.79 Å². The van der Waals surface area contributed by atoms with Crippen molar-refractivity contribution in [1.82, 2.24) is 4.98 Å². The molecule has 3 N–H and O–H groups in total. The number of hydrogen-bond acceptors (Lipinski definition) is 3. The zero-order valence-corrected chi connectivity index (χ0v) is 12.2. The van der Waals surface area contributed by atoms with Crippen molar-refractivity contribution in [2.75, 3.05) is 11.9 Å². The lowest BCUT2D eigenvalue weighted by molar-refractivity contribution is -0.126. The highest BCUT2D eigenvalue weighted by molar-refractivity contribution is 5.94. The number of hydrogen-bond donors (Lipinski definition) is 2. The van der Waals surface area contributed by atoms with Crippen LogP contribution in [0.2, 0.25) is 0 Å². The second kappa shape index (κ2) is 7.24. The second-order valence-electron chi connectivity index (χ2n) is 5.16. The van der Waals surface area contributed by atoms with Crippen LogP contribution in [-0.4, -0.2) is 17.4 Å². The van der Waals surface area contributed by atoms with Crippen molar-refractivity contribution in [3.8, 4) is 0 Å². The van der Waals surface area contributed by atoms with Gasteiger partial charge in [0.1, 0.15) is 5.82 Å². The standard InChI is InChI=1S/C15H25N3O/c1-4-7-15(11-16,8-5-2)14(19)18-13-10-12(3)6-9-17-13/h6,9-10H,4-5,7-8,11,16H2,1-3H3,(H,17,18,19). The number of nitrogens with one attached hydrogen (secondary N) is 1. The van der Waals surface area contributed by atoms with Gasteiger partial charge in [-0.25, -0.2) is 4.98 Å². The van der Waals surface area contributed by atoms with Gasteiger partial charge in [-0.3, -0.25) is 4.79 Å². The van der Waals surface area contributed by atoms with Crippen LogP contribution in [-0.2, 0) is 4.79 Å². The number of aromatic nitrogens is 1. The summed E-state index contributed by atoms with van der Waals surface area (Å²) >= 11 is 0. The summed E-state index contributed by atoms with van der Waals surface area (Å²) in [6, 6.07) is 3.78. The molecule has 0 saturated carbocycles. The average Bonchev–Trinajstić information content (AvgIpc) is 2.38. The number of aryl methyl sites for hydroxylation is 1. The minimum Gasteiger partial charge on any atom is -0.329 e. The van der Waals surface area contributed by atoms with Crippen molar-refractivity contribution >= 4 is 11.7 Å². The largest absolute Gasteiger partial charge is 0.329 e. The Balaban J connectivity index is 2.87. The molecular weight excluding hydrogens is 238 g/mol. The molecule has 0 aliphatic rings. The average molecular weight is 263 g/mol. The van der Waals surface area contributed by atoms with Crippen LogP contribution in [0.4, 0.5) is 5.82 Å². The molecule has 106 valence electrons. The molecule has 0 atom stereocenters. The molecule has 0 fully saturated rings. The lowest BCUT2D eigenvalue weighted by atomic mass is 9.78. The Morgan fingerprint density at radius 3 is 2.47 bits per heavy atom. The second-order valence-corrected chi connectivity index (χ2v) is 5.16. The predicted octanol–water partition coefficient (Wildman–Crippen LogP) is 2.87. The molecule has 1 aromatic rings. The minimum atomic E-state index is -0.463. The van der Waals surface area contributed by atoms with Crippen LogP contribution < -0.4 is 11.1 Å². The molecule has 1 aromatic heterocycles. The van der Waals surface area contributed by atoms with E-state index in [1.54, 1.807) is 6.20 Å². The van der Waals surface area contributed by atoms with Crippen LogP contribution in [0.3, 0.4) is 0 Å². The van der Waals surface area contributed by atoms with Crippen LogP contribution >= 0.6 is 0 Å². The van der Waals surface area contributed by atoms with E-state index >= 15 is 0 Å². The molecule has 0 unspecified atom stereocenters. The number of carbonyl (C=O) groups is 1. The maximum Gasteiger partial charge on any atom is 0.233 e. The maximum atomic E-state index is 12.5. The van der Waals surface area contributed by atoms with E-state index < -0.39 is 5.41 Å². The molecule has 19 heavy (non-hydrogen) atoms. The molecule has 0 spiro atoms. The number of nitrogens with two attached hydrogens (primary N) is 1. The topological polar surface area (TPSA) is 68.0 Å². The first-order valence-corrected chi connectivity index (χ1v) is 7.02. The van der Waals surface area contributed by atoms with Crippen molar-refractivity contribution in [3.63, 3.8) is 0 Å². The van der Waals surface area contributed by atoms with Crippen molar-refractivity contribution in [2.24, 2.45) is 11.1 Å². The Kier molecular flexibility index (Phi) is 5.96. The number of amides is 1. The van der Waals surface area contributed by atoms with Crippen molar-refractivity contribution in [3.05, 3.63) is 23.9 Å². The third-order valence-corrected chi connectivity index (χ3v) is 3.49. The van der Waals surface area contributed by atoms with Gasteiger partial charge in [0.05, 0.1) is 5.41 Å². The van der Waals surface area contributed by atoms with Crippen LogP contribution in [0.5, 0.6) is 0 Å². The summed E-state index contributed by atoms with van der Waals surface area (Å²) in [5.41, 5.74) is 6.50. The Labute approximate surface area is 115 Å². The van der Waals surface area contributed by atoms with E-state index in [0.717, 1.165) is 31.2 Å². The first-order valence-electron chi connectivity index (χ1n) is 7.02. The Hall–Kier alpha value is -1.42. The van der Waals surface area contributed by atoms with Crippen LogP contribution in [0.15, 0.2) is 18.3 Å². The van der Waals surface area contributed by atoms with Crippen LogP contribution in [0, 0.1) is 12.3 Å². The molecular formula is C15H25N3O. The summed E-state index contributed by atoms with van der Waals surface area (Å²) in [6.45, 7) is 6.52. The van der Waals surface area contributed by atoms with E-state index in [4.69, 9.17) is 5.73 Å². The zero-order chi connectivity index (χ0) is 14.3. The van der Waals surface area contributed by atoms with Crippen molar-refractivity contribution in [2.45, 2.75) is 46.5 Å². The normalized spacial score (nSPS) is 11.4. The molecule has 0 aromatic carbocycles. The smallest absolute Gasteiger partial charge is 0.233 e. The highest BCUT2D eigenvalue weighted by Crippen LogP contribution is 2.30. The number of pyridine rings is 1. The molecule has 0 saturated heterocycles. The Bertz CT molecular complexity index is 412. The van der Waals surface area contributed by atoms with E-state index in [0.29, 0.717) is 12.4 Å². The number of rotatable bonds is 7. The van der Waals surface area contributed by atoms with Crippen molar-refractivity contribution < 1.29 is 4.79 Å². The SMILES string of the molecule is CCCC(CN)(CCC)C(=O)Nc1cc(C)ccn1. The number of nitrogens with zero attached hydrogens (tertiary/aromatic N) is 1. The van der Waals surface area contributed by atoms with Gasteiger partial charge in [-0.2, -0.15) is 0 Å². The fourth-order valence-corrected chi connectivity index (χ4v) is 2.46. The first kappa shape index (κ1) is 15.6. The molecule has 4 nitrogen and oxygen atoms in total. The van der Waals surface area contributed by atoms with E-state index in [2.05, 4.69) is 24.1 Å².